The maximum absolute atomic E-state index is 19.0. The molecule has 0 aromatic heterocycles. The van der Waals surface area contributed by atoms with Gasteiger partial charge < -0.3 is 52.0 Å². The molecule has 2 saturated heterocycles. The minimum atomic E-state index is -1.75. The number of likely N-dealkylation sites (N-methyl/N-ethyl adjacent to an activating group) is 2. The summed E-state index contributed by atoms with van der Waals surface area (Å²) in [5.74, 6) is -3.83. The van der Waals surface area contributed by atoms with E-state index in [4.69, 9.17) is 32.7 Å². The van der Waals surface area contributed by atoms with Gasteiger partial charge in [-0.2, -0.15) is 0 Å². The van der Waals surface area contributed by atoms with Gasteiger partial charge in [-0.05, 0) is 190 Å². The molecule has 82 heavy (non-hydrogen) atoms. The number of hydrogen-bond donors (Lipinski definition) is 8. The molecule has 2 heterocycles. The van der Waals surface area contributed by atoms with Crippen LogP contribution >= 0.6 is 23.2 Å². The number of allylic oxidation sites excluding steroid dienone is 8. The number of hydrogen-bond acceptors (Lipinski definition) is 13. The van der Waals surface area contributed by atoms with Crippen LogP contribution in [0.15, 0.2) is 118 Å². The molecule has 17 heteroatoms. The fraction of sp³-hybridized carbons (Fsp3) is 0.462. The van der Waals surface area contributed by atoms with Gasteiger partial charge in [-0.15, -0.1) is 0 Å². The van der Waals surface area contributed by atoms with Gasteiger partial charge in [0.25, 0.3) is 0 Å². The van der Waals surface area contributed by atoms with Crippen LogP contribution in [0.5, 0.6) is 11.5 Å². The van der Waals surface area contributed by atoms with E-state index in [9.17, 15) is 0 Å². The highest BCUT2D eigenvalue weighted by Gasteiger charge is 2.67. The van der Waals surface area contributed by atoms with E-state index in [1.807, 2.05) is 28.2 Å². The molecule has 8 rings (SSSR count). The van der Waals surface area contributed by atoms with E-state index >= 15 is 23.2 Å². The van der Waals surface area contributed by atoms with Gasteiger partial charge in [0.15, 0.2) is 17.3 Å². The van der Waals surface area contributed by atoms with Gasteiger partial charge in [0.2, 0.25) is 0 Å². The van der Waals surface area contributed by atoms with Crippen molar-refractivity contribution in [2.75, 3.05) is 108 Å². The third kappa shape index (κ3) is 12.0. The van der Waals surface area contributed by atoms with Gasteiger partial charge in [-0.1, -0.05) is 71.7 Å². The molecule has 440 valence electrons. The summed E-state index contributed by atoms with van der Waals surface area (Å²) in [7, 11) is 10.5. The van der Waals surface area contributed by atoms with Crippen LogP contribution in [0.25, 0.3) is 11.1 Å². The molecule has 2 aliphatic heterocycles. The maximum atomic E-state index is 19.0. The Morgan fingerprint density at radius 2 is 0.963 bits per heavy atom. The molecule has 6 atom stereocenters. The number of carbonyl (C=O) groups excluding carboxylic acids is 3. The van der Waals surface area contributed by atoms with Gasteiger partial charge in [0, 0.05) is 82.8 Å². The van der Waals surface area contributed by atoms with Crippen LogP contribution in [0.3, 0.4) is 0 Å². The fourth-order valence-electron chi connectivity index (χ4n) is 13.7. The predicted molar refractivity (Wildman–Crippen MR) is 326 cm³/mol. The highest BCUT2D eigenvalue weighted by Crippen LogP contribution is 2.65. The zero-order valence-electron chi connectivity index (χ0n) is 48.8. The van der Waals surface area contributed by atoms with E-state index in [0.717, 1.165) is 12.8 Å². The lowest BCUT2D eigenvalue weighted by atomic mass is 9.46. The van der Waals surface area contributed by atoms with Crippen LogP contribution in [0.1, 0.15) is 81.5 Å². The van der Waals surface area contributed by atoms with Gasteiger partial charge in [-0.3, -0.25) is 14.4 Å². The second kappa shape index (κ2) is 28.2. The monoisotopic (exact) mass is 1160 g/mol. The lowest BCUT2D eigenvalue weighted by Gasteiger charge is -2.57. The van der Waals surface area contributed by atoms with Crippen LogP contribution in [0.2, 0.25) is 0 Å². The van der Waals surface area contributed by atoms with Crippen molar-refractivity contribution in [3.63, 3.8) is 0 Å². The first-order chi connectivity index (χ1) is 39.7. The number of benzene rings is 4. The Bertz CT molecular complexity index is 2910. The number of ether oxygens (including phenoxy) is 2. The average Bonchev–Trinajstić information content (AvgIpc) is 2.39. The largest absolute Gasteiger partial charge is 0.497 e. The van der Waals surface area contributed by atoms with Crippen LogP contribution in [-0.4, -0.2) is 125 Å². The average molecular weight is 1160 g/mol. The molecule has 13 nitrogen and oxygen atoms in total. The Labute approximate surface area is 493 Å². The molecular formula is C65H82Cl2F2N8O5. The third-order valence-corrected chi connectivity index (χ3v) is 18.3. The smallest absolute Gasteiger partial charge is 0.190 e. The zero-order chi connectivity index (χ0) is 58.7. The first-order valence-electron chi connectivity index (χ1n) is 28.9. The highest BCUT2D eigenvalue weighted by atomic mass is 35.5. The predicted octanol–water partition coefficient (Wildman–Crippen LogP) is 9.11. The molecule has 2 aliphatic carbocycles. The lowest BCUT2D eigenvalue weighted by molar-refractivity contribution is -0.144. The summed E-state index contributed by atoms with van der Waals surface area (Å²) >= 11 is 16.6. The number of carbonyl (C=O) groups is 3. The summed E-state index contributed by atoms with van der Waals surface area (Å²) in [5.41, 5.74) is 0.538. The minimum Gasteiger partial charge on any atom is -0.497 e. The number of rotatable bonds is 26. The molecule has 2 fully saturated rings. The van der Waals surface area contributed by atoms with E-state index in [1.165, 1.54) is 12.1 Å². The van der Waals surface area contributed by atoms with Gasteiger partial charge >= 0.3 is 0 Å². The maximum Gasteiger partial charge on any atom is 0.190 e. The van der Waals surface area contributed by atoms with E-state index in [2.05, 4.69) is 42.5 Å². The number of piperidine rings is 2. The minimum absolute atomic E-state index is 0.107. The molecule has 4 aliphatic rings. The highest BCUT2D eigenvalue weighted by molar-refractivity contribution is 6.41. The normalized spacial score (nSPS) is 23.3. The summed E-state index contributed by atoms with van der Waals surface area (Å²) in [6.45, 7) is 7.71. The van der Waals surface area contributed by atoms with Crippen LogP contribution in [0.4, 0.5) is 8.78 Å². The molecule has 0 amide bonds. The van der Waals surface area contributed by atoms with Crippen LogP contribution in [0, 0.1) is 60.0 Å². The molecular weight excluding hydrogens is 1080 g/mol. The summed E-state index contributed by atoms with van der Waals surface area (Å²) in [6.07, 6.45) is 2.92. The van der Waals surface area contributed by atoms with Crippen molar-refractivity contribution in [2.24, 2.45) is 34.5 Å². The van der Waals surface area contributed by atoms with Crippen molar-refractivity contribution in [3.8, 4) is 11.5 Å². The Hall–Kier alpha value is -5.75. The Morgan fingerprint density at radius 3 is 1.32 bits per heavy atom. The van der Waals surface area contributed by atoms with Crippen molar-refractivity contribution >= 4 is 51.7 Å². The first-order valence-corrected chi connectivity index (χ1v) is 29.7. The van der Waals surface area contributed by atoms with Crippen LogP contribution < -0.4 is 52.0 Å². The molecule has 2 unspecified atom stereocenters. The summed E-state index contributed by atoms with van der Waals surface area (Å²) in [6, 6.07) is 23.6. The molecule has 0 saturated carbocycles. The van der Waals surface area contributed by atoms with Crippen molar-refractivity contribution < 1.29 is 32.6 Å². The van der Waals surface area contributed by atoms with Gasteiger partial charge in [-0.25, -0.2) is 8.78 Å². The van der Waals surface area contributed by atoms with E-state index in [0.29, 0.717) is 121 Å². The third-order valence-electron chi connectivity index (χ3n) is 17.5. The summed E-state index contributed by atoms with van der Waals surface area (Å²) < 4.78 is 44.3. The summed E-state index contributed by atoms with van der Waals surface area (Å²) in [4.78, 5) is 52.2. The SMILES string of the molecule is CNCCNC1=C(Cl)C(c2cccc(F)c2C)=C(C(=O)c2cccc(OC)c2)[C@H](C2CCCNC2)[C@@]1(CCNC)C(=O)[C@@]1(CCNC)C(NCCNC)=C(Cl)C(c2cccc(F)c2C)=C(C(=O)c2cccc(OC)c2)[C@@H]1C1CCCNC1. The second-order valence-electron chi connectivity index (χ2n) is 22.1. The Kier molecular flexibility index (Phi) is 21.4. The first kappa shape index (κ1) is 62.3. The topological polar surface area (TPSA) is 166 Å². The lowest BCUT2D eigenvalue weighted by Crippen LogP contribution is -2.63. The van der Waals surface area contributed by atoms with Crippen molar-refractivity contribution in [1.29, 1.82) is 0 Å². The van der Waals surface area contributed by atoms with E-state index in [1.54, 1.807) is 101 Å². The zero-order valence-corrected chi connectivity index (χ0v) is 50.3. The van der Waals surface area contributed by atoms with Crippen molar-refractivity contribution in [3.05, 3.63) is 163 Å². The van der Waals surface area contributed by atoms with Gasteiger partial charge in [0.05, 0.1) is 35.1 Å². The number of methoxy groups -OCH3 is 2. The molecule has 8 N–H and O–H groups in total. The number of nitrogens with one attached hydrogen (secondary N) is 8. The molecule has 0 spiro atoms. The number of halogens is 4. The molecule has 4 aromatic carbocycles. The standard InChI is InChI=1S/C65H82Cl2F2N8O5/c1-39-47(21-11-23-49(39)68)51-53(59(78)41-15-9-19-45(35-41)81-7)55(43-17-13-27-74-37-43)64(25-29-70-3,61(57(51)66)76-33-31-72-5)63(80)65(26-30-71-4)56(44-18-14-28-75-38-44)54(60(79)42-16-10-20-46(36-42)82-8)52(48-22-12-24-50(69)40(48)2)58(67)62(65)77-34-32-73-6/h9-12,15-16,19-24,35-36,43-44,55-56,70-77H,13-14,17-18,25-34,37-38H2,1-8H3/t43?,44?,55-,56-,64+,65+/m0/s1. The summed E-state index contributed by atoms with van der Waals surface area (Å²) in [5, 5.41) is 28.6. The van der Waals surface area contributed by atoms with E-state index in [-0.39, 0.29) is 75.6 Å². The number of ketones is 3. The fourth-order valence-corrected chi connectivity index (χ4v) is 14.5. The van der Waals surface area contributed by atoms with Crippen molar-refractivity contribution in [2.45, 2.75) is 52.4 Å². The van der Waals surface area contributed by atoms with E-state index < -0.39 is 46.1 Å². The van der Waals surface area contributed by atoms with Gasteiger partial charge in [0.1, 0.15) is 23.1 Å². The Morgan fingerprint density at radius 1 is 0.573 bits per heavy atom. The molecule has 0 radical (unpaired) electrons. The Balaban J connectivity index is 1.62. The quantitative estimate of drug-likeness (QED) is 0.0222. The molecule has 4 aromatic rings. The van der Waals surface area contributed by atoms with Crippen LogP contribution in [-0.2, 0) is 4.79 Å². The second-order valence-corrected chi connectivity index (χ2v) is 22.9. The number of Topliss-reactive ketones (excluding diaryl/α,β-unsaturated/α-hetero) is 3. The molecule has 0 bridgehead atoms. The van der Waals surface area contributed by atoms with Crippen molar-refractivity contribution in [1.82, 2.24) is 42.5 Å².